The van der Waals surface area contributed by atoms with Gasteiger partial charge in [-0.15, -0.1) is 0 Å². The topological polar surface area (TPSA) is 23.6 Å². The van der Waals surface area contributed by atoms with Crippen molar-refractivity contribution in [2.24, 2.45) is 5.92 Å². The number of carbonyl (C=O) groups is 1. The number of nitrogens with zero attached hydrogens (tertiary/aromatic N) is 2. The molecule has 1 saturated heterocycles. The number of benzene rings is 1. The molecule has 3 rings (SSSR count). The quantitative estimate of drug-likeness (QED) is 0.814. The van der Waals surface area contributed by atoms with Crippen LogP contribution >= 0.6 is 11.6 Å². The second-order valence-corrected chi connectivity index (χ2v) is 7.34. The number of amides is 1. The smallest absolute Gasteiger partial charge is 0.222 e. The normalized spacial score (nSPS) is 20.1. The summed E-state index contributed by atoms with van der Waals surface area (Å²) in [6.07, 6.45) is 7.23. The first-order valence-electron chi connectivity index (χ1n) is 8.96. The molecule has 0 bridgehead atoms. The maximum Gasteiger partial charge on any atom is 0.222 e. The Morgan fingerprint density at radius 3 is 2.48 bits per heavy atom. The molecule has 0 spiro atoms. The first kappa shape index (κ1) is 16.8. The summed E-state index contributed by atoms with van der Waals surface area (Å²) in [4.78, 5) is 16.8. The van der Waals surface area contributed by atoms with E-state index in [1.807, 2.05) is 18.2 Å². The zero-order chi connectivity index (χ0) is 16.1. The fourth-order valence-corrected chi connectivity index (χ4v) is 4.00. The van der Waals surface area contributed by atoms with Crippen molar-refractivity contribution < 1.29 is 4.79 Å². The lowest BCUT2D eigenvalue weighted by atomic mass is 10.0. The molecule has 1 aromatic carbocycles. The maximum absolute atomic E-state index is 12.4. The molecule has 3 nitrogen and oxygen atoms in total. The van der Waals surface area contributed by atoms with Gasteiger partial charge in [-0.1, -0.05) is 55.5 Å². The van der Waals surface area contributed by atoms with Gasteiger partial charge in [0.2, 0.25) is 5.91 Å². The third-order valence-electron chi connectivity index (χ3n) is 5.32. The number of piperazine rings is 1. The van der Waals surface area contributed by atoms with E-state index in [1.165, 1.54) is 31.2 Å². The highest BCUT2D eigenvalue weighted by molar-refractivity contribution is 6.31. The third-order valence-corrected chi connectivity index (χ3v) is 5.69. The van der Waals surface area contributed by atoms with Gasteiger partial charge in [-0.25, -0.2) is 0 Å². The number of halogens is 1. The van der Waals surface area contributed by atoms with E-state index >= 15 is 0 Å². The molecule has 126 valence electrons. The molecule has 0 aromatic heterocycles. The molecular weight excluding hydrogens is 308 g/mol. The molecule has 0 radical (unpaired) electrons. The summed E-state index contributed by atoms with van der Waals surface area (Å²) in [5, 5.41) is 0.836. The molecule has 1 saturated carbocycles. The molecule has 2 fully saturated rings. The van der Waals surface area contributed by atoms with Gasteiger partial charge >= 0.3 is 0 Å². The van der Waals surface area contributed by atoms with Crippen molar-refractivity contribution in [1.82, 2.24) is 9.80 Å². The molecule has 0 atom stereocenters. The molecule has 0 unspecified atom stereocenters. The SMILES string of the molecule is O=C(CCC1CCCC1)N1CCN(Cc2ccccc2Cl)CC1. The second-order valence-electron chi connectivity index (χ2n) is 6.94. The van der Waals surface area contributed by atoms with E-state index in [9.17, 15) is 4.79 Å². The number of rotatable bonds is 5. The van der Waals surface area contributed by atoms with Crippen LogP contribution < -0.4 is 0 Å². The predicted molar refractivity (Wildman–Crippen MR) is 94.5 cm³/mol. The lowest BCUT2D eigenvalue weighted by Gasteiger charge is -2.35. The third kappa shape index (κ3) is 4.71. The minimum Gasteiger partial charge on any atom is -0.340 e. The Hall–Kier alpha value is -1.06. The molecule has 1 amide bonds. The van der Waals surface area contributed by atoms with E-state index in [1.54, 1.807) is 0 Å². The van der Waals surface area contributed by atoms with Crippen LogP contribution in [0.5, 0.6) is 0 Å². The van der Waals surface area contributed by atoms with Crippen molar-refractivity contribution >= 4 is 17.5 Å². The summed E-state index contributed by atoms with van der Waals surface area (Å²) in [5.41, 5.74) is 1.18. The van der Waals surface area contributed by atoms with E-state index in [0.29, 0.717) is 5.91 Å². The average Bonchev–Trinajstić information content (AvgIpc) is 3.09. The molecule has 0 N–H and O–H groups in total. The van der Waals surface area contributed by atoms with Crippen LogP contribution in [0.25, 0.3) is 0 Å². The Balaban J connectivity index is 1.41. The largest absolute Gasteiger partial charge is 0.340 e. The van der Waals surface area contributed by atoms with Crippen molar-refractivity contribution in [1.29, 1.82) is 0 Å². The molecule has 1 aliphatic carbocycles. The van der Waals surface area contributed by atoms with Gasteiger partial charge in [-0.05, 0) is 24.0 Å². The predicted octanol–water partition coefficient (Wildman–Crippen LogP) is 3.95. The molecule has 1 aliphatic heterocycles. The summed E-state index contributed by atoms with van der Waals surface area (Å²) >= 11 is 6.23. The van der Waals surface area contributed by atoms with Crippen molar-refractivity contribution in [2.45, 2.75) is 45.1 Å². The monoisotopic (exact) mass is 334 g/mol. The first-order valence-corrected chi connectivity index (χ1v) is 9.34. The van der Waals surface area contributed by atoms with Gasteiger partial charge in [0.05, 0.1) is 0 Å². The highest BCUT2D eigenvalue weighted by atomic mass is 35.5. The molecular formula is C19H27ClN2O. The summed E-state index contributed by atoms with van der Waals surface area (Å²) in [5.74, 6) is 1.16. The highest BCUT2D eigenvalue weighted by Gasteiger charge is 2.23. The Morgan fingerprint density at radius 1 is 1.09 bits per heavy atom. The molecule has 23 heavy (non-hydrogen) atoms. The number of hydrogen-bond donors (Lipinski definition) is 0. The average molecular weight is 335 g/mol. The molecule has 2 aliphatic rings. The second kappa shape index (κ2) is 8.16. The first-order chi connectivity index (χ1) is 11.2. The Bertz CT molecular complexity index is 520. The zero-order valence-electron chi connectivity index (χ0n) is 13.8. The van der Waals surface area contributed by atoms with Crippen LogP contribution in [0.4, 0.5) is 0 Å². The molecule has 4 heteroatoms. The summed E-state index contributed by atoms with van der Waals surface area (Å²) in [6.45, 7) is 4.48. The van der Waals surface area contributed by atoms with Crippen LogP contribution in [-0.2, 0) is 11.3 Å². The van der Waals surface area contributed by atoms with Crippen molar-refractivity contribution in [3.8, 4) is 0 Å². The maximum atomic E-state index is 12.4. The lowest BCUT2D eigenvalue weighted by molar-refractivity contribution is -0.133. The van der Waals surface area contributed by atoms with Gasteiger partial charge in [0.1, 0.15) is 0 Å². The van der Waals surface area contributed by atoms with Crippen molar-refractivity contribution in [2.75, 3.05) is 26.2 Å². The highest BCUT2D eigenvalue weighted by Crippen LogP contribution is 2.28. The van der Waals surface area contributed by atoms with Gasteiger partial charge in [0.15, 0.2) is 0 Å². The standard InChI is InChI=1S/C19H27ClN2O/c20-18-8-4-3-7-17(18)15-21-11-13-22(14-12-21)19(23)10-9-16-5-1-2-6-16/h3-4,7-8,16H,1-2,5-6,9-15H2. The fraction of sp³-hybridized carbons (Fsp3) is 0.632. The summed E-state index contributed by atoms with van der Waals surface area (Å²) in [6, 6.07) is 8.03. The van der Waals surface area contributed by atoms with E-state index in [0.717, 1.165) is 56.5 Å². The Morgan fingerprint density at radius 2 is 1.78 bits per heavy atom. The van der Waals surface area contributed by atoms with Gasteiger partial charge < -0.3 is 4.90 Å². The van der Waals surface area contributed by atoms with Gasteiger partial charge in [0.25, 0.3) is 0 Å². The van der Waals surface area contributed by atoms with E-state index in [4.69, 9.17) is 11.6 Å². The number of carbonyl (C=O) groups excluding carboxylic acids is 1. The van der Waals surface area contributed by atoms with Crippen molar-refractivity contribution in [3.63, 3.8) is 0 Å². The van der Waals surface area contributed by atoms with Crippen LogP contribution in [0.15, 0.2) is 24.3 Å². The summed E-state index contributed by atoms with van der Waals surface area (Å²) in [7, 11) is 0. The van der Waals surface area contributed by atoms with E-state index in [2.05, 4.69) is 15.9 Å². The minimum absolute atomic E-state index is 0.356. The number of hydrogen-bond acceptors (Lipinski definition) is 2. The molecule has 1 aromatic rings. The lowest BCUT2D eigenvalue weighted by Crippen LogP contribution is -2.48. The van der Waals surface area contributed by atoms with E-state index < -0.39 is 0 Å². The van der Waals surface area contributed by atoms with Gasteiger partial charge in [-0.3, -0.25) is 9.69 Å². The van der Waals surface area contributed by atoms with Gasteiger partial charge in [-0.2, -0.15) is 0 Å². The minimum atomic E-state index is 0.356. The fourth-order valence-electron chi connectivity index (χ4n) is 3.81. The van der Waals surface area contributed by atoms with Crippen molar-refractivity contribution in [3.05, 3.63) is 34.9 Å². The zero-order valence-corrected chi connectivity index (χ0v) is 14.6. The van der Waals surface area contributed by atoms with Crippen LogP contribution in [0, 0.1) is 5.92 Å². The van der Waals surface area contributed by atoms with Crippen LogP contribution in [0.3, 0.4) is 0 Å². The van der Waals surface area contributed by atoms with Gasteiger partial charge in [0, 0.05) is 44.2 Å². The van der Waals surface area contributed by atoms with Crippen LogP contribution in [0.2, 0.25) is 5.02 Å². The van der Waals surface area contributed by atoms with Crippen LogP contribution in [-0.4, -0.2) is 41.9 Å². The molecule has 1 heterocycles. The van der Waals surface area contributed by atoms with Crippen LogP contribution in [0.1, 0.15) is 44.1 Å². The Kier molecular flexibility index (Phi) is 5.96. The summed E-state index contributed by atoms with van der Waals surface area (Å²) < 4.78 is 0. The Labute approximate surface area is 144 Å². The van der Waals surface area contributed by atoms with E-state index in [-0.39, 0.29) is 0 Å².